The molecule has 0 amide bonds. The zero-order valence-corrected chi connectivity index (χ0v) is 10.7. The first-order valence-electron chi connectivity index (χ1n) is 2.90. The molecule has 1 rings (SSSR count). The highest BCUT2D eigenvalue weighted by molar-refractivity contribution is 14.1. The fraction of sp³-hybridized carbons (Fsp3) is 0. The van der Waals surface area contributed by atoms with Gasteiger partial charge in [0.15, 0.2) is 0 Å². The van der Waals surface area contributed by atoms with Crippen molar-refractivity contribution in [2.24, 2.45) is 0 Å². The van der Waals surface area contributed by atoms with Crippen LogP contribution in [0.25, 0.3) is 0 Å². The molecule has 0 saturated heterocycles. The van der Waals surface area contributed by atoms with Gasteiger partial charge in [-0.2, -0.15) is 0 Å². The summed E-state index contributed by atoms with van der Waals surface area (Å²) in [7, 11) is 0. The molecule has 1 aromatic rings. The van der Waals surface area contributed by atoms with Crippen molar-refractivity contribution < 1.29 is 9.90 Å². The zero-order chi connectivity index (χ0) is 9.30. The van der Waals surface area contributed by atoms with E-state index in [1.807, 2.05) is 28.7 Å². The monoisotopic (exact) mass is 408 g/mol. The molecule has 0 aliphatic heterocycles. The Hall–Kier alpha value is 0.440. The molecule has 1 aromatic carbocycles. The molecule has 2 nitrogen and oxygen atoms in total. The summed E-state index contributed by atoms with van der Waals surface area (Å²) in [5.41, 5.74) is 0.160. The van der Waals surface area contributed by atoms with E-state index in [1.54, 1.807) is 6.07 Å². The first kappa shape index (κ1) is 10.5. The number of carboxylic acid groups (broad SMARTS) is 1. The predicted molar refractivity (Wildman–Crippen MR) is 63.8 cm³/mol. The van der Waals surface area contributed by atoms with Gasteiger partial charge >= 0.3 is 5.97 Å². The van der Waals surface area contributed by atoms with Crippen molar-refractivity contribution in [2.45, 2.75) is 0 Å². The summed E-state index contributed by atoms with van der Waals surface area (Å²) >= 11 is 9.83. The van der Waals surface area contributed by atoms with Gasteiger partial charge in [0.1, 0.15) is 0 Å². The van der Waals surface area contributed by atoms with Gasteiger partial charge in [-0.05, 0) is 57.3 Å². The molecule has 0 radical (unpaired) electrons. The number of rotatable bonds is 1. The molecular formula is C7H3ClI2O2. The number of carboxylic acids is 1. The minimum atomic E-state index is -0.989. The Morgan fingerprint density at radius 1 is 1.42 bits per heavy atom. The Balaban J connectivity index is 3.37. The van der Waals surface area contributed by atoms with E-state index < -0.39 is 5.97 Å². The van der Waals surface area contributed by atoms with Crippen molar-refractivity contribution >= 4 is 62.8 Å². The lowest BCUT2D eigenvalue weighted by atomic mass is 10.2. The third kappa shape index (κ3) is 2.23. The lowest BCUT2D eigenvalue weighted by Gasteiger charge is -2.01. The third-order valence-electron chi connectivity index (χ3n) is 1.22. The van der Waals surface area contributed by atoms with E-state index in [-0.39, 0.29) is 5.56 Å². The van der Waals surface area contributed by atoms with Gasteiger partial charge in [0.25, 0.3) is 0 Å². The summed E-state index contributed by atoms with van der Waals surface area (Å²) in [6, 6.07) is 3.38. The molecule has 5 heteroatoms. The maximum absolute atomic E-state index is 10.6. The summed E-state index contributed by atoms with van der Waals surface area (Å²) in [6.07, 6.45) is 0. The second kappa shape index (κ2) is 4.10. The summed E-state index contributed by atoms with van der Waals surface area (Å²) < 4.78 is 1.64. The second-order valence-electron chi connectivity index (χ2n) is 2.05. The predicted octanol–water partition coefficient (Wildman–Crippen LogP) is 3.25. The van der Waals surface area contributed by atoms with Crippen molar-refractivity contribution in [3.05, 3.63) is 29.9 Å². The van der Waals surface area contributed by atoms with Crippen molar-refractivity contribution in [3.63, 3.8) is 0 Å². The fourth-order valence-corrected chi connectivity index (χ4v) is 2.75. The summed E-state index contributed by atoms with van der Waals surface area (Å²) in [4.78, 5) is 10.6. The Labute approximate surface area is 102 Å². The molecule has 0 fully saturated rings. The molecule has 64 valence electrons. The molecule has 0 atom stereocenters. The van der Waals surface area contributed by atoms with Crippen LogP contribution in [0.5, 0.6) is 0 Å². The molecule has 0 aliphatic rings. The highest BCUT2D eigenvalue weighted by Gasteiger charge is 2.11. The quantitative estimate of drug-likeness (QED) is 0.572. The fourth-order valence-electron chi connectivity index (χ4n) is 0.712. The number of carbonyl (C=O) groups is 1. The van der Waals surface area contributed by atoms with Crippen LogP contribution in [0, 0.1) is 7.14 Å². The van der Waals surface area contributed by atoms with E-state index in [2.05, 4.69) is 22.6 Å². The van der Waals surface area contributed by atoms with Gasteiger partial charge in [-0.15, -0.1) is 0 Å². The molecular weight excluding hydrogens is 405 g/mol. The first-order chi connectivity index (χ1) is 5.52. The largest absolute Gasteiger partial charge is 0.478 e. The number of benzene rings is 1. The van der Waals surface area contributed by atoms with Crippen LogP contribution in [0.15, 0.2) is 12.1 Å². The molecule has 0 saturated carbocycles. The van der Waals surface area contributed by atoms with Crippen LogP contribution in [0.3, 0.4) is 0 Å². The second-order valence-corrected chi connectivity index (χ2v) is 4.84. The summed E-state index contributed by atoms with van der Waals surface area (Å²) in [6.45, 7) is 0. The van der Waals surface area contributed by atoms with Crippen LogP contribution in [0.2, 0.25) is 5.02 Å². The average molecular weight is 408 g/mol. The Morgan fingerprint density at radius 3 is 2.50 bits per heavy atom. The Morgan fingerprint density at radius 2 is 2.00 bits per heavy atom. The highest BCUT2D eigenvalue weighted by atomic mass is 127. The SMILES string of the molecule is O=C(O)c1cc(I)cc(I)c1Cl. The summed E-state index contributed by atoms with van der Waals surface area (Å²) in [5, 5.41) is 9.03. The highest BCUT2D eigenvalue weighted by Crippen LogP contribution is 2.25. The van der Waals surface area contributed by atoms with Gasteiger partial charge in [-0.25, -0.2) is 4.79 Å². The van der Waals surface area contributed by atoms with E-state index in [4.69, 9.17) is 16.7 Å². The van der Waals surface area contributed by atoms with Gasteiger partial charge in [0.05, 0.1) is 10.6 Å². The number of hydrogen-bond acceptors (Lipinski definition) is 1. The number of hydrogen-bond donors (Lipinski definition) is 1. The lowest BCUT2D eigenvalue weighted by Crippen LogP contribution is -1.99. The van der Waals surface area contributed by atoms with Crippen LogP contribution >= 0.6 is 56.8 Å². The number of aromatic carboxylic acids is 1. The minimum absolute atomic E-state index is 0.160. The standard InChI is InChI=1S/C7H3ClI2O2/c8-6-4(7(11)12)1-3(9)2-5(6)10/h1-2H,(H,11,12). The average Bonchev–Trinajstić information content (AvgIpc) is 1.96. The van der Waals surface area contributed by atoms with E-state index >= 15 is 0 Å². The van der Waals surface area contributed by atoms with E-state index in [9.17, 15) is 4.79 Å². The van der Waals surface area contributed by atoms with Gasteiger partial charge in [-0.1, -0.05) is 11.6 Å². The molecule has 1 N–H and O–H groups in total. The topological polar surface area (TPSA) is 37.3 Å². The van der Waals surface area contributed by atoms with Crippen molar-refractivity contribution in [1.82, 2.24) is 0 Å². The van der Waals surface area contributed by atoms with Crippen LogP contribution in [0.1, 0.15) is 10.4 Å². The Bertz CT molecular complexity index is 338. The van der Waals surface area contributed by atoms with Crippen LogP contribution in [-0.2, 0) is 0 Å². The lowest BCUT2D eigenvalue weighted by molar-refractivity contribution is 0.0697. The van der Waals surface area contributed by atoms with E-state index in [1.165, 1.54) is 0 Å². The maximum atomic E-state index is 10.6. The minimum Gasteiger partial charge on any atom is -0.478 e. The maximum Gasteiger partial charge on any atom is 0.337 e. The Kier molecular flexibility index (Phi) is 3.59. The van der Waals surface area contributed by atoms with E-state index in [0.717, 1.165) is 7.14 Å². The van der Waals surface area contributed by atoms with Gasteiger partial charge in [0, 0.05) is 7.14 Å². The molecule has 0 bridgehead atoms. The molecule has 0 heterocycles. The van der Waals surface area contributed by atoms with Crippen molar-refractivity contribution in [1.29, 1.82) is 0 Å². The van der Waals surface area contributed by atoms with Gasteiger partial charge in [-0.3, -0.25) is 0 Å². The molecule has 0 unspecified atom stereocenters. The third-order valence-corrected chi connectivity index (χ3v) is 3.42. The van der Waals surface area contributed by atoms with E-state index in [0.29, 0.717) is 5.02 Å². The van der Waals surface area contributed by atoms with Crippen molar-refractivity contribution in [2.75, 3.05) is 0 Å². The van der Waals surface area contributed by atoms with Crippen LogP contribution < -0.4 is 0 Å². The van der Waals surface area contributed by atoms with Crippen molar-refractivity contribution in [3.8, 4) is 0 Å². The molecule has 0 aliphatic carbocycles. The molecule has 0 spiro atoms. The molecule has 0 aromatic heterocycles. The summed E-state index contributed by atoms with van der Waals surface area (Å²) in [5.74, 6) is -0.989. The normalized spacial score (nSPS) is 9.92. The molecule has 12 heavy (non-hydrogen) atoms. The zero-order valence-electron chi connectivity index (χ0n) is 5.64. The number of halogens is 3. The smallest absolute Gasteiger partial charge is 0.337 e. The van der Waals surface area contributed by atoms with Gasteiger partial charge in [0.2, 0.25) is 0 Å². The first-order valence-corrected chi connectivity index (χ1v) is 5.43. The van der Waals surface area contributed by atoms with Gasteiger partial charge < -0.3 is 5.11 Å². The van der Waals surface area contributed by atoms with Crippen LogP contribution in [0.4, 0.5) is 0 Å². The van der Waals surface area contributed by atoms with Crippen LogP contribution in [-0.4, -0.2) is 11.1 Å².